The van der Waals surface area contributed by atoms with Gasteiger partial charge >= 0.3 is 0 Å². The lowest BCUT2D eigenvalue weighted by atomic mass is 10.1. The summed E-state index contributed by atoms with van der Waals surface area (Å²) in [7, 11) is -3.49. The second-order valence-corrected chi connectivity index (χ2v) is 6.32. The van der Waals surface area contributed by atoms with Gasteiger partial charge in [0.15, 0.2) is 5.25 Å². The van der Waals surface area contributed by atoms with Crippen molar-refractivity contribution in [3.8, 4) is 6.07 Å². The molecule has 0 saturated carbocycles. The quantitative estimate of drug-likeness (QED) is 0.788. The molecular formula is C11H21N3O2S. The van der Waals surface area contributed by atoms with E-state index in [1.165, 1.54) is 0 Å². The molecule has 17 heavy (non-hydrogen) atoms. The van der Waals surface area contributed by atoms with Gasteiger partial charge in [0.1, 0.15) is 0 Å². The van der Waals surface area contributed by atoms with Gasteiger partial charge in [-0.3, -0.25) is 0 Å². The maximum atomic E-state index is 11.9. The molecule has 0 aromatic rings. The highest BCUT2D eigenvalue weighted by Gasteiger charge is 2.28. The molecule has 1 rings (SSSR count). The zero-order chi connectivity index (χ0) is 12.9. The summed E-state index contributed by atoms with van der Waals surface area (Å²) >= 11 is 0. The molecular weight excluding hydrogens is 238 g/mol. The number of hydrogen-bond donors (Lipinski definition) is 1. The van der Waals surface area contributed by atoms with Gasteiger partial charge in [0, 0.05) is 12.6 Å². The monoisotopic (exact) mass is 259 g/mol. The highest BCUT2D eigenvalue weighted by atomic mass is 32.2. The Bertz CT molecular complexity index is 375. The fraction of sp³-hybridized carbons (Fsp3) is 0.909. The standard InChI is InChI=1S/C11H21N3O2S/c1-3-11(8-12)17(15,16)13-10-6-5-7-14(4-2)9-10/h10-11,13H,3-7,9H2,1-2H3. The molecule has 0 spiro atoms. The Morgan fingerprint density at radius 1 is 1.53 bits per heavy atom. The van der Waals surface area contributed by atoms with Crippen LogP contribution in [-0.4, -0.2) is 44.2 Å². The molecule has 2 unspecified atom stereocenters. The van der Waals surface area contributed by atoms with Gasteiger partial charge in [-0.05, 0) is 32.4 Å². The van der Waals surface area contributed by atoms with Gasteiger partial charge in [-0.15, -0.1) is 0 Å². The minimum absolute atomic E-state index is 0.0453. The molecule has 0 bridgehead atoms. The van der Waals surface area contributed by atoms with Crippen LogP contribution in [0.15, 0.2) is 0 Å². The fourth-order valence-electron chi connectivity index (χ4n) is 2.13. The predicted octanol–water partition coefficient (Wildman–Crippen LogP) is 0.692. The van der Waals surface area contributed by atoms with E-state index in [4.69, 9.17) is 5.26 Å². The summed E-state index contributed by atoms with van der Waals surface area (Å²) in [6, 6.07) is 1.80. The molecule has 98 valence electrons. The number of nitriles is 1. The Morgan fingerprint density at radius 2 is 2.24 bits per heavy atom. The third-order valence-corrected chi connectivity index (χ3v) is 5.02. The summed E-state index contributed by atoms with van der Waals surface area (Å²) in [6.45, 7) is 6.50. The SMILES string of the molecule is CCC(C#N)S(=O)(=O)NC1CCCN(CC)C1. The third-order valence-electron chi connectivity index (χ3n) is 3.17. The molecule has 0 amide bonds. The molecule has 1 heterocycles. The molecule has 1 N–H and O–H groups in total. The van der Waals surface area contributed by atoms with Crippen molar-refractivity contribution in [2.45, 2.75) is 44.4 Å². The Balaban J connectivity index is 2.62. The lowest BCUT2D eigenvalue weighted by molar-refractivity contribution is 0.211. The topological polar surface area (TPSA) is 73.2 Å². The highest BCUT2D eigenvalue weighted by Crippen LogP contribution is 2.12. The van der Waals surface area contributed by atoms with E-state index in [1.54, 1.807) is 6.92 Å². The van der Waals surface area contributed by atoms with Gasteiger partial charge in [-0.2, -0.15) is 5.26 Å². The number of piperidine rings is 1. The van der Waals surface area contributed by atoms with Crippen LogP contribution in [0.1, 0.15) is 33.1 Å². The maximum Gasteiger partial charge on any atom is 0.228 e. The largest absolute Gasteiger partial charge is 0.302 e. The van der Waals surface area contributed by atoms with Gasteiger partial charge in [-0.25, -0.2) is 13.1 Å². The summed E-state index contributed by atoms with van der Waals surface area (Å²) in [6.07, 6.45) is 2.19. The number of nitrogens with zero attached hydrogens (tertiary/aromatic N) is 2. The first-order valence-electron chi connectivity index (χ1n) is 6.16. The summed E-state index contributed by atoms with van der Waals surface area (Å²) in [5.74, 6) is 0. The Labute approximate surface area is 104 Å². The molecule has 0 aromatic carbocycles. The van der Waals surface area contributed by atoms with Crippen molar-refractivity contribution in [2.24, 2.45) is 0 Å². The van der Waals surface area contributed by atoms with E-state index in [-0.39, 0.29) is 6.04 Å². The minimum Gasteiger partial charge on any atom is -0.302 e. The van der Waals surface area contributed by atoms with E-state index >= 15 is 0 Å². The first-order valence-corrected chi connectivity index (χ1v) is 7.71. The highest BCUT2D eigenvalue weighted by molar-refractivity contribution is 7.90. The smallest absolute Gasteiger partial charge is 0.228 e. The summed E-state index contributed by atoms with van der Waals surface area (Å²) < 4.78 is 26.5. The van der Waals surface area contributed by atoms with E-state index in [2.05, 4.69) is 16.5 Å². The van der Waals surface area contributed by atoms with Gasteiger partial charge < -0.3 is 4.90 Å². The van der Waals surface area contributed by atoms with E-state index in [0.717, 1.165) is 32.5 Å². The average Bonchev–Trinajstić information content (AvgIpc) is 2.29. The fourth-order valence-corrected chi connectivity index (χ4v) is 3.53. The number of sulfonamides is 1. The van der Waals surface area contributed by atoms with Crippen LogP contribution in [0.25, 0.3) is 0 Å². The van der Waals surface area contributed by atoms with Crippen LogP contribution in [-0.2, 0) is 10.0 Å². The number of likely N-dealkylation sites (N-methyl/N-ethyl adjacent to an activating group) is 1. The van der Waals surface area contributed by atoms with Crippen molar-refractivity contribution >= 4 is 10.0 Å². The number of hydrogen-bond acceptors (Lipinski definition) is 4. The van der Waals surface area contributed by atoms with Gasteiger partial charge in [0.25, 0.3) is 0 Å². The number of rotatable bonds is 5. The Hall–Kier alpha value is -0.640. The first-order chi connectivity index (χ1) is 8.03. The van der Waals surface area contributed by atoms with Crippen molar-refractivity contribution in [3.63, 3.8) is 0 Å². The maximum absolute atomic E-state index is 11.9. The molecule has 6 heteroatoms. The molecule has 0 radical (unpaired) electrons. The average molecular weight is 259 g/mol. The zero-order valence-corrected chi connectivity index (χ0v) is 11.3. The minimum atomic E-state index is -3.49. The molecule has 2 atom stereocenters. The summed E-state index contributed by atoms with van der Waals surface area (Å²) in [5, 5.41) is 7.88. The molecule has 1 aliphatic heterocycles. The van der Waals surface area contributed by atoms with Crippen molar-refractivity contribution < 1.29 is 8.42 Å². The van der Waals surface area contributed by atoms with Crippen molar-refractivity contribution in [1.82, 2.24) is 9.62 Å². The predicted molar refractivity (Wildman–Crippen MR) is 66.9 cm³/mol. The van der Waals surface area contributed by atoms with E-state index < -0.39 is 15.3 Å². The number of likely N-dealkylation sites (tertiary alicyclic amines) is 1. The van der Waals surface area contributed by atoms with Crippen molar-refractivity contribution in [1.29, 1.82) is 5.26 Å². The van der Waals surface area contributed by atoms with Gasteiger partial charge in [0.2, 0.25) is 10.0 Å². The van der Waals surface area contributed by atoms with Crippen molar-refractivity contribution in [2.75, 3.05) is 19.6 Å². The van der Waals surface area contributed by atoms with Crippen LogP contribution in [0.3, 0.4) is 0 Å². The van der Waals surface area contributed by atoms with E-state index in [1.807, 2.05) is 6.07 Å². The molecule has 5 nitrogen and oxygen atoms in total. The van der Waals surface area contributed by atoms with Gasteiger partial charge in [-0.1, -0.05) is 13.8 Å². The molecule has 0 aromatic heterocycles. The molecule has 1 fully saturated rings. The second-order valence-electron chi connectivity index (χ2n) is 4.42. The first kappa shape index (κ1) is 14.4. The summed E-state index contributed by atoms with van der Waals surface area (Å²) in [5.41, 5.74) is 0. The van der Waals surface area contributed by atoms with E-state index in [9.17, 15) is 8.42 Å². The second kappa shape index (κ2) is 6.34. The molecule has 1 saturated heterocycles. The molecule has 1 aliphatic rings. The van der Waals surface area contributed by atoms with Gasteiger partial charge in [0.05, 0.1) is 6.07 Å². The Morgan fingerprint density at radius 3 is 2.76 bits per heavy atom. The lowest BCUT2D eigenvalue weighted by Gasteiger charge is -2.32. The normalized spacial score (nSPS) is 24.2. The molecule has 0 aliphatic carbocycles. The Kier molecular flexibility index (Phi) is 5.37. The van der Waals surface area contributed by atoms with Crippen LogP contribution < -0.4 is 4.72 Å². The van der Waals surface area contributed by atoms with Crippen molar-refractivity contribution in [3.05, 3.63) is 0 Å². The van der Waals surface area contributed by atoms with E-state index in [0.29, 0.717) is 6.42 Å². The summed E-state index contributed by atoms with van der Waals surface area (Å²) in [4.78, 5) is 2.23. The van der Waals surface area contributed by atoms with Crippen LogP contribution in [0.4, 0.5) is 0 Å². The van der Waals surface area contributed by atoms with Crippen LogP contribution in [0.5, 0.6) is 0 Å². The lowest BCUT2D eigenvalue weighted by Crippen LogP contribution is -2.49. The van der Waals surface area contributed by atoms with Crippen LogP contribution >= 0.6 is 0 Å². The third kappa shape index (κ3) is 3.95. The van der Waals surface area contributed by atoms with Crippen LogP contribution in [0.2, 0.25) is 0 Å². The van der Waals surface area contributed by atoms with Crippen LogP contribution in [0, 0.1) is 11.3 Å². The zero-order valence-electron chi connectivity index (χ0n) is 10.5. The number of nitrogens with one attached hydrogen (secondary N) is 1.